The Morgan fingerprint density at radius 3 is 2.65 bits per heavy atom. The largest absolute Gasteiger partial charge is 0.494 e. The van der Waals surface area contributed by atoms with Crippen LogP contribution in [0.4, 0.5) is 4.39 Å². The minimum absolute atomic E-state index is 0.178. The van der Waals surface area contributed by atoms with Gasteiger partial charge in [0.1, 0.15) is 0 Å². The van der Waals surface area contributed by atoms with Crippen molar-refractivity contribution in [3.8, 4) is 5.75 Å². The van der Waals surface area contributed by atoms with Gasteiger partial charge in [0.25, 0.3) is 0 Å². The molecule has 2 nitrogen and oxygen atoms in total. The van der Waals surface area contributed by atoms with E-state index in [0.29, 0.717) is 17.6 Å². The molecule has 1 aliphatic rings. The maximum Gasteiger partial charge on any atom is 0.168 e. The lowest BCUT2D eigenvalue weighted by atomic mass is 9.83. The van der Waals surface area contributed by atoms with Crippen LogP contribution in [0.5, 0.6) is 5.75 Å². The second-order valence-electron chi connectivity index (χ2n) is 5.85. The zero-order valence-corrected chi connectivity index (χ0v) is 12.6. The Balaban J connectivity index is 2.13. The van der Waals surface area contributed by atoms with Crippen molar-refractivity contribution in [3.63, 3.8) is 0 Å². The van der Waals surface area contributed by atoms with Gasteiger partial charge >= 0.3 is 0 Å². The topological polar surface area (TPSA) is 21.3 Å². The summed E-state index contributed by atoms with van der Waals surface area (Å²) in [6.45, 7) is 1.04. The van der Waals surface area contributed by atoms with E-state index in [9.17, 15) is 4.39 Å². The Morgan fingerprint density at radius 1 is 1.20 bits per heavy atom. The summed E-state index contributed by atoms with van der Waals surface area (Å²) in [6, 6.07) is 5.48. The SMILES string of the molecule is CNCC1CCCCCC1Cc1cccc(OC)c1F. The second-order valence-corrected chi connectivity index (χ2v) is 5.85. The van der Waals surface area contributed by atoms with E-state index < -0.39 is 0 Å². The first-order chi connectivity index (χ1) is 9.76. The predicted molar refractivity (Wildman–Crippen MR) is 80.6 cm³/mol. The number of ether oxygens (including phenoxy) is 1. The Bertz CT molecular complexity index is 421. The average Bonchev–Trinajstić information content (AvgIpc) is 2.67. The number of halogens is 1. The number of methoxy groups -OCH3 is 1. The number of nitrogens with one attached hydrogen (secondary N) is 1. The highest BCUT2D eigenvalue weighted by Crippen LogP contribution is 2.32. The molecule has 112 valence electrons. The molecule has 0 radical (unpaired) electrons. The number of rotatable bonds is 5. The number of hydrogen-bond acceptors (Lipinski definition) is 2. The number of hydrogen-bond donors (Lipinski definition) is 1. The van der Waals surface area contributed by atoms with Crippen molar-refractivity contribution in [2.24, 2.45) is 11.8 Å². The first-order valence-electron chi connectivity index (χ1n) is 7.72. The van der Waals surface area contributed by atoms with Crippen molar-refractivity contribution in [1.82, 2.24) is 5.32 Å². The fourth-order valence-electron chi connectivity index (χ4n) is 3.41. The molecule has 0 heterocycles. The first-order valence-corrected chi connectivity index (χ1v) is 7.72. The quantitative estimate of drug-likeness (QED) is 0.828. The van der Waals surface area contributed by atoms with E-state index in [1.54, 1.807) is 6.07 Å². The van der Waals surface area contributed by atoms with E-state index in [-0.39, 0.29) is 5.82 Å². The van der Waals surface area contributed by atoms with Gasteiger partial charge in [-0.15, -0.1) is 0 Å². The summed E-state index contributed by atoms with van der Waals surface area (Å²) < 4.78 is 19.4. The van der Waals surface area contributed by atoms with Crippen molar-refractivity contribution in [2.75, 3.05) is 20.7 Å². The minimum atomic E-state index is -0.178. The molecule has 0 saturated heterocycles. The van der Waals surface area contributed by atoms with Crippen LogP contribution in [0.1, 0.15) is 37.7 Å². The molecule has 1 N–H and O–H groups in total. The van der Waals surface area contributed by atoms with Crippen LogP contribution in [0.3, 0.4) is 0 Å². The Morgan fingerprint density at radius 2 is 1.95 bits per heavy atom. The molecule has 1 aromatic rings. The van der Waals surface area contributed by atoms with E-state index in [0.717, 1.165) is 18.5 Å². The van der Waals surface area contributed by atoms with Gasteiger partial charge in [-0.3, -0.25) is 0 Å². The summed E-state index contributed by atoms with van der Waals surface area (Å²) in [4.78, 5) is 0. The van der Waals surface area contributed by atoms with Crippen molar-refractivity contribution >= 4 is 0 Å². The molecule has 1 aliphatic carbocycles. The highest BCUT2D eigenvalue weighted by Gasteiger charge is 2.24. The van der Waals surface area contributed by atoms with Crippen LogP contribution in [0.2, 0.25) is 0 Å². The van der Waals surface area contributed by atoms with Crippen molar-refractivity contribution < 1.29 is 9.13 Å². The molecule has 2 rings (SSSR count). The lowest BCUT2D eigenvalue weighted by molar-refractivity contribution is 0.299. The molecule has 1 saturated carbocycles. The lowest BCUT2D eigenvalue weighted by Crippen LogP contribution is -2.26. The zero-order chi connectivity index (χ0) is 14.4. The normalized spacial score (nSPS) is 23.4. The summed E-state index contributed by atoms with van der Waals surface area (Å²) in [7, 11) is 3.53. The van der Waals surface area contributed by atoms with Crippen molar-refractivity contribution in [2.45, 2.75) is 38.5 Å². The molecular weight excluding hydrogens is 253 g/mol. The van der Waals surface area contributed by atoms with Gasteiger partial charge in [0.2, 0.25) is 0 Å². The van der Waals surface area contributed by atoms with E-state index in [4.69, 9.17) is 4.74 Å². The fourth-order valence-corrected chi connectivity index (χ4v) is 3.41. The molecule has 20 heavy (non-hydrogen) atoms. The fraction of sp³-hybridized carbons (Fsp3) is 0.647. The van der Waals surface area contributed by atoms with Gasteiger partial charge in [-0.05, 0) is 56.3 Å². The molecule has 0 aromatic heterocycles. The summed E-state index contributed by atoms with van der Waals surface area (Å²) in [6.07, 6.45) is 7.20. The highest BCUT2D eigenvalue weighted by molar-refractivity contribution is 5.31. The van der Waals surface area contributed by atoms with Gasteiger partial charge in [-0.1, -0.05) is 31.4 Å². The van der Waals surface area contributed by atoms with Crippen LogP contribution in [-0.4, -0.2) is 20.7 Å². The predicted octanol–water partition coefficient (Wildman–Crippen LogP) is 3.79. The smallest absolute Gasteiger partial charge is 0.168 e. The van der Waals surface area contributed by atoms with E-state index in [2.05, 4.69) is 5.32 Å². The van der Waals surface area contributed by atoms with Crippen LogP contribution in [0, 0.1) is 17.7 Å². The first kappa shape index (κ1) is 15.3. The second kappa shape index (κ2) is 7.63. The summed E-state index contributed by atoms with van der Waals surface area (Å²) in [5, 5.41) is 3.30. The summed E-state index contributed by atoms with van der Waals surface area (Å²) in [5.74, 6) is 1.42. The summed E-state index contributed by atoms with van der Waals surface area (Å²) in [5.41, 5.74) is 0.803. The third kappa shape index (κ3) is 3.72. The van der Waals surface area contributed by atoms with Crippen LogP contribution in [-0.2, 0) is 6.42 Å². The molecule has 2 atom stereocenters. The summed E-state index contributed by atoms with van der Waals surface area (Å²) >= 11 is 0. The third-order valence-electron chi connectivity index (χ3n) is 4.53. The van der Waals surface area contributed by atoms with Gasteiger partial charge in [0, 0.05) is 0 Å². The molecule has 0 bridgehead atoms. The Hall–Kier alpha value is -1.09. The van der Waals surface area contributed by atoms with Crippen LogP contribution in [0.15, 0.2) is 18.2 Å². The van der Waals surface area contributed by atoms with Gasteiger partial charge in [-0.25, -0.2) is 4.39 Å². The van der Waals surface area contributed by atoms with E-state index >= 15 is 0 Å². The monoisotopic (exact) mass is 279 g/mol. The Labute approximate surface area is 121 Å². The zero-order valence-electron chi connectivity index (χ0n) is 12.6. The van der Waals surface area contributed by atoms with Crippen LogP contribution in [0.25, 0.3) is 0 Å². The van der Waals surface area contributed by atoms with Crippen molar-refractivity contribution in [1.29, 1.82) is 0 Å². The van der Waals surface area contributed by atoms with Gasteiger partial charge in [0.05, 0.1) is 7.11 Å². The molecular formula is C17H26FNO. The molecule has 0 aliphatic heterocycles. The van der Waals surface area contributed by atoms with Crippen molar-refractivity contribution in [3.05, 3.63) is 29.6 Å². The lowest BCUT2D eigenvalue weighted by Gasteiger charge is -2.25. The van der Waals surface area contributed by atoms with Gasteiger partial charge < -0.3 is 10.1 Å². The standard InChI is InChI=1S/C17H26FNO/c1-19-12-15-8-5-3-4-7-13(15)11-14-9-6-10-16(20-2)17(14)18/h6,9-10,13,15,19H,3-5,7-8,11-12H2,1-2H3. The van der Waals surface area contributed by atoms with Crippen LogP contribution < -0.4 is 10.1 Å². The molecule has 2 unspecified atom stereocenters. The third-order valence-corrected chi connectivity index (χ3v) is 4.53. The molecule has 1 aromatic carbocycles. The maximum absolute atomic E-state index is 14.3. The van der Waals surface area contributed by atoms with Gasteiger partial charge in [0.15, 0.2) is 11.6 Å². The highest BCUT2D eigenvalue weighted by atomic mass is 19.1. The Kier molecular flexibility index (Phi) is 5.84. The van der Waals surface area contributed by atoms with E-state index in [1.807, 2.05) is 19.2 Å². The maximum atomic E-state index is 14.3. The van der Waals surface area contributed by atoms with Gasteiger partial charge in [-0.2, -0.15) is 0 Å². The molecule has 0 spiro atoms. The molecule has 3 heteroatoms. The minimum Gasteiger partial charge on any atom is -0.494 e. The average molecular weight is 279 g/mol. The molecule has 0 amide bonds. The number of benzene rings is 1. The molecule has 1 fully saturated rings. The van der Waals surface area contributed by atoms with Crippen LogP contribution >= 0.6 is 0 Å². The van der Waals surface area contributed by atoms with E-state index in [1.165, 1.54) is 39.2 Å².